The van der Waals surface area contributed by atoms with Crippen molar-refractivity contribution in [3.8, 4) is 0 Å². The van der Waals surface area contributed by atoms with Gasteiger partial charge in [0.1, 0.15) is 11.6 Å². The van der Waals surface area contributed by atoms with Crippen molar-refractivity contribution in [2.24, 2.45) is 0 Å². The molecule has 1 aliphatic heterocycles. The lowest BCUT2D eigenvalue weighted by Crippen LogP contribution is -2.49. The Morgan fingerprint density at radius 3 is 2.18 bits per heavy atom. The number of halogens is 1. The van der Waals surface area contributed by atoms with Crippen molar-refractivity contribution < 1.29 is 17.2 Å². The Morgan fingerprint density at radius 1 is 0.971 bits per heavy atom. The summed E-state index contributed by atoms with van der Waals surface area (Å²) in [7, 11) is -3.67. The first kappa shape index (κ1) is 24.4. The van der Waals surface area contributed by atoms with E-state index in [-0.39, 0.29) is 28.7 Å². The summed E-state index contributed by atoms with van der Waals surface area (Å²) >= 11 is 0. The lowest BCUT2D eigenvalue weighted by Gasteiger charge is -2.39. The summed E-state index contributed by atoms with van der Waals surface area (Å²) < 4.78 is 47.7. The molecular weight excluding hydrogens is 453 g/mol. The third-order valence-corrected chi connectivity index (χ3v) is 7.76. The van der Waals surface area contributed by atoms with Crippen molar-refractivity contribution >= 4 is 15.7 Å². The number of rotatable bonds is 7. The largest absolute Gasteiger partial charge is 0.468 e. The summed E-state index contributed by atoms with van der Waals surface area (Å²) in [4.78, 5) is 4.68. The molecule has 0 bridgehead atoms. The molecule has 1 fully saturated rings. The van der Waals surface area contributed by atoms with E-state index in [1.165, 1.54) is 12.1 Å². The van der Waals surface area contributed by atoms with Crippen LogP contribution in [0.1, 0.15) is 38.1 Å². The molecule has 1 saturated heterocycles. The fourth-order valence-corrected chi connectivity index (χ4v) is 5.28. The van der Waals surface area contributed by atoms with Crippen LogP contribution < -0.4 is 9.62 Å². The van der Waals surface area contributed by atoms with Gasteiger partial charge in [-0.2, -0.15) is 0 Å². The predicted octanol–water partition coefficient (Wildman–Crippen LogP) is 4.56. The van der Waals surface area contributed by atoms with Crippen LogP contribution in [-0.4, -0.2) is 46.0 Å². The number of hydrogen-bond acceptors (Lipinski definition) is 5. The van der Waals surface area contributed by atoms with Crippen molar-refractivity contribution in [2.75, 3.05) is 37.6 Å². The van der Waals surface area contributed by atoms with Crippen LogP contribution >= 0.6 is 0 Å². The van der Waals surface area contributed by atoms with Crippen LogP contribution in [0.15, 0.2) is 76.2 Å². The number of sulfonamides is 1. The molecule has 1 N–H and O–H groups in total. The minimum atomic E-state index is -3.67. The number of furan rings is 1. The first-order chi connectivity index (χ1) is 16.1. The van der Waals surface area contributed by atoms with E-state index >= 15 is 0 Å². The number of nitrogens with one attached hydrogen (secondary N) is 1. The summed E-state index contributed by atoms with van der Waals surface area (Å²) in [5, 5.41) is 0. The van der Waals surface area contributed by atoms with E-state index in [1.807, 2.05) is 24.3 Å². The summed E-state index contributed by atoms with van der Waals surface area (Å²) in [5.41, 5.74) is 2.02. The van der Waals surface area contributed by atoms with E-state index in [4.69, 9.17) is 4.42 Å². The highest BCUT2D eigenvalue weighted by molar-refractivity contribution is 7.89. The van der Waals surface area contributed by atoms with Gasteiger partial charge in [0.15, 0.2) is 0 Å². The van der Waals surface area contributed by atoms with Gasteiger partial charge >= 0.3 is 0 Å². The second-order valence-corrected chi connectivity index (χ2v) is 11.4. The number of benzene rings is 2. The zero-order chi connectivity index (χ0) is 24.3. The lowest BCUT2D eigenvalue weighted by atomic mass is 9.87. The Hall–Kier alpha value is -2.68. The van der Waals surface area contributed by atoms with Gasteiger partial charge in [-0.3, -0.25) is 4.90 Å². The van der Waals surface area contributed by atoms with E-state index in [1.54, 1.807) is 30.5 Å². The van der Waals surface area contributed by atoms with E-state index < -0.39 is 10.0 Å². The standard InChI is InChI=1S/C26H32FN3O3S/c1-26(2,3)20-6-12-23(13-7-20)34(31,32)28-19-24(25-5-4-18-33-25)30-16-14-29(15-17-30)22-10-8-21(27)9-11-22/h4-13,18,24,28H,14-17,19H2,1-3H3. The molecule has 1 unspecified atom stereocenters. The fraction of sp³-hybridized carbons (Fsp3) is 0.385. The van der Waals surface area contributed by atoms with E-state index in [0.29, 0.717) is 0 Å². The fourth-order valence-electron chi connectivity index (χ4n) is 4.24. The zero-order valence-electron chi connectivity index (χ0n) is 19.9. The molecule has 1 atom stereocenters. The Labute approximate surface area is 201 Å². The maximum absolute atomic E-state index is 13.3. The normalized spacial score (nSPS) is 16.5. The third kappa shape index (κ3) is 5.68. The third-order valence-electron chi connectivity index (χ3n) is 6.32. The first-order valence-electron chi connectivity index (χ1n) is 11.5. The zero-order valence-corrected chi connectivity index (χ0v) is 20.7. The van der Waals surface area contributed by atoms with Crippen LogP contribution in [0.25, 0.3) is 0 Å². The highest BCUT2D eigenvalue weighted by Gasteiger charge is 2.29. The van der Waals surface area contributed by atoms with Crippen LogP contribution in [0.2, 0.25) is 0 Å². The monoisotopic (exact) mass is 485 g/mol. The van der Waals surface area contributed by atoms with Gasteiger partial charge in [0.05, 0.1) is 17.2 Å². The van der Waals surface area contributed by atoms with Crippen LogP contribution in [0, 0.1) is 5.82 Å². The topological polar surface area (TPSA) is 65.8 Å². The molecule has 0 amide bonds. The predicted molar refractivity (Wildman–Crippen MR) is 132 cm³/mol. The number of piperazine rings is 1. The molecule has 0 aliphatic carbocycles. The molecule has 182 valence electrons. The minimum Gasteiger partial charge on any atom is -0.468 e. The maximum atomic E-state index is 13.3. The Balaban J connectivity index is 1.44. The van der Waals surface area contributed by atoms with Gasteiger partial charge in [-0.1, -0.05) is 32.9 Å². The maximum Gasteiger partial charge on any atom is 0.240 e. The molecule has 3 aromatic rings. The van der Waals surface area contributed by atoms with Gasteiger partial charge in [0.2, 0.25) is 10.0 Å². The molecule has 0 saturated carbocycles. The van der Waals surface area contributed by atoms with Crippen molar-refractivity contribution in [3.05, 3.63) is 84.1 Å². The highest BCUT2D eigenvalue weighted by Crippen LogP contribution is 2.26. The summed E-state index contributed by atoms with van der Waals surface area (Å²) in [5.74, 6) is 0.474. The quantitative estimate of drug-likeness (QED) is 0.532. The first-order valence-corrected chi connectivity index (χ1v) is 13.0. The van der Waals surface area contributed by atoms with E-state index in [2.05, 4.69) is 35.3 Å². The van der Waals surface area contributed by atoms with E-state index in [0.717, 1.165) is 43.2 Å². The van der Waals surface area contributed by atoms with Crippen molar-refractivity contribution in [2.45, 2.75) is 37.1 Å². The van der Waals surface area contributed by atoms with Crippen molar-refractivity contribution in [1.82, 2.24) is 9.62 Å². The molecule has 1 aromatic heterocycles. The number of hydrogen-bond donors (Lipinski definition) is 1. The van der Waals surface area contributed by atoms with Crippen LogP contribution in [-0.2, 0) is 15.4 Å². The van der Waals surface area contributed by atoms with Crippen LogP contribution in [0.5, 0.6) is 0 Å². The van der Waals surface area contributed by atoms with Gasteiger partial charge in [-0.05, 0) is 59.5 Å². The van der Waals surface area contributed by atoms with Gasteiger partial charge in [-0.15, -0.1) is 0 Å². The molecule has 2 aromatic carbocycles. The Morgan fingerprint density at radius 2 is 1.62 bits per heavy atom. The molecule has 8 heteroatoms. The van der Waals surface area contributed by atoms with Gasteiger partial charge in [0.25, 0.3) is 0 Å². The Bertz CT molecular complexity index is 1160. The second kappa shape index (κ2) is 9.90. The van der Waals surface area contributed by atoms with E-state index in [9.17, 15) is 12.8 Å². The molecule has 6 nitrogen and oxygen atoms in total. The van der Waals surface area contributed by atoms with Gasteiger partial charge in [0, 0.05) is 38.4 Å². The smallest absolute Gasteiger partial charge is 0.240 e. The lowest BCUT2D eigenvalue weighted by molar-refractivity contribution is 0.166. The summed E-state index contributed by atoms with van der Waals surface area (Å²) in [6.45, 7) is 9.45. The second-order valence-electron chi connectivity index (χ2n) is 9.66. The number of anilines is 1. The summed E-state index contributed by atoms with van der Waals surface area (Å²) in [6.07, 6.45) is 1.61. The average Bonchev–Trinajstić information content (AvgIpc) is 3.34. The van der Waals surface area contributed by atoms with Crippen LogP contribution in [0.3, 0.4) is 0 Å². The SMILES string of the molecule is CC(C)(C)c1ccc(S(=O)(=O)NCC(c2ccco2)N2CCN(c3ccc(F)cc3)CC2)cc1. The molecule has 1 aliphatic rings. The molecule has 4 rings (SSSR count). The molecule has 0 radical (unpaired) electrons. The molecule has 2 heterocycles. The summed E-state index contributed by atoms with van der Waals surface area (Å²) in [6, 6.07) is 17.0. The Kier molecular flexibility index (Phi) is 7.12. The van der Waals surface area contributed by atoms with Gasteiger partial charge < -0.3 is 9.32 Å². The van der Waals surface area contributed by atoms with Crippen LogP contribution in [0.4, 0.5) is 10.1 Å². The highest BCUT2D eigenvalue weighted by atomic mass is 32.2. The molecule has 34 heavy (non-hydrogen) atoms. The van der Waals surface area contributed by atoms with Crippen molar-refractivity contribution in [1.29, 1.82) is 0 Å². The number of nitrogens with zero attached hydrogens (tertiary/aromatic N) is 2. The average molecular weight is 486 g/mol. The van der Waals surface area contributed by atoms with Gasteiger partial charge in [-0.25, -0.2) is 17.5 Å². The molecular formula is C26H32FN3O3S. The molecule has 0 spiro atoms. The van der Waals surface area contributed by atoms with Crippen molar-refractivity contribution in [3.63, 3.8) is 0 Å². The minimum absolute atomic E-state index is 0.0455.